The van der Waals surface area contributed by atoms with Crippen LogP contribution < -0.4 is 33.6 Å². The Labute approximate surface area is 180 Å². The number of nitrogens with zero attached hydrogens (tertiary/aromatic N) is 1. The Morgan fingerprint density at radius 1 is 1.10 bits per heavy atom. The molecule has 2 rings (SSSR count). The Kier molecular flexibility index (Phi) is 8.38. The van der Waals surface area contributed by atoms with Crippen LogP contribution in [0.2, 0.25) is 0 Å². The van der Waals surface area contributed by atoms with Crippen molar-refractivity contribution in [3.05, 3.63) is 36.0 Å². The molecular weight excluding hydrogens is 400 g/mol. The summed E-state index contributed by atoms with van der Waals surface area (Å²) in [7, 11) is 0. The minimum atomic E-state index is -0.947. The number of hydrogen-bond donors (Lipinski definition) is 7. The van der Waals surface area contributed by atoms with Gasteiger partial charge in [-0.25, -0.2) is 0 Å². The van der Waals surface area contributed by atoms with E-state index in [1.165, 1.54) is 6.92 Å². The number of para-hydroxylation sites is 1. The lowest BCUT2D eigenvalue weighted by Gasteiger charge is -2.22. The molecule has 0 aliphatic heterocycles. The summed E-state index contributed by atoms with van der Waals surface area (Å²) in [6, 6.07) is 4.92. The van der Waals surface area contributed by atoms with Gasteiger partial charge in [-0.3, -0.25) is 19.4 Å². The number of nitrogens with two attached hydrogens (primary N) is 4. The Morgan fingerprint density at radius 2 is 1.81 bits per heavy atom. The SMILES string of the molecule is C[C@H](NC(=O)[C@H](Cc1c[nH]c2ccccc12)NC(=O)[C@@H](N)CCCN=C(N)N)C(N)=O. The zero-order valence-electron chi connectivity index (χ0n) is 17.4. The first-order chi connectivity index (χ1) is 14.7. The van der Waals surface area contributed by atoms with Gasteiger partial charge in [-0.1, -0.05) is 18.2 Å². The van der Waals surface area contributed by atoms with Gasteiger partial charge in [0.2, 0.25) is 17.7 Å². The van der Waals surface area contributed by atoms with Crippen molar-refractivity contribution in [2.75, 3.05) is 6.54 Å². The predicted molar refractivity (Wildman–Crippen MR) is 119 cm³/mol. The number of aromatic nitrogens is 1. The zero-order chi connectivity index (χ0) is 23.0. The number of nitrogens with one attached hydrogen (secondary N) is 3. The largest absolute Gasteiger partial charge is 0.370 e. The van der Waals surface area contributed by atoms with Gasteiger partial charge in [0.25, 0.3) is 0 Å². The number of amides is 3. The molecule has 0 radical (unpaired) electrons. The summed E-state index contributed by atoms with van der Waals surface area (Å²) < 4.78 is 0. The van der Waals surface area contributed by atoms with E-state index in [0.717, 1.165) is 16.5 Å². The van der Waals surface area contributed by atoms with Gasteiger partial charge in [0.15, 0.2) is 5.96 Å². The standard InChI is InChI=1S/C20H30N8O3/c1-11(17(22)29)27-19(31)16(9-12-10-26-15-7-3-2-5-13(12)15)28-18(30)14(21)6-4-8-25-20(23)24/h2-3,5,7,10-11,14,16,26H,4,6,8-9,21H2,1H3,(H2,22,29)(H,27,31)(H,28,30)(H4,23,24,25)/t11-,14-,16-/m0/s1. The molecular formula is C20H30N8O3. The molecule has 0 saturated heterocycles. The molecule has 1 heterocycles. The van der Waals surface area contributed by atoms with E-state index in [2.05, 4.69) is 20.6 Å². The number of carbonyl (C=O) groups excluding carboxylic acids is 3. The molecule has 168 valence electrons. The lowest BCUT2D eigenvalue weighted by atomic mass is 10.0. The molecule has 11 N–H and O–H groups in total. The minimum absolute atomic E-state index is 0.0305. The summed E-state index contributed by atoms with van der Waals surface area (Å²) in [6.07, 6.45) is 2.82. The first kappa shape index (κ1) is 23.7. The van der Waals surface area contributed by atoms with Crippen LogP contribution in [-0.4, -0.2) is 53.3 Å². The first-order valence-corrected chi connectivity index (χ1v) is 9.95. The van der Waals surface area contributed by atoms with Gasteiger partial charge in [0.1, 0.15) is 12.1 Å². The molecule has 0 unspecified atom stereocenters. The molecule has 0 bridgehead atoms. The molecule has 3 atom stereocenters. The highest BCUT2D eigenvalue weighted by Gasteiger charge is 2.26. The van der Waals surface area contributed by atoms with Crippen LogP contribution in [0.4, 0.5) is 0 Å². The first-order valence-electron chi connectivity index (χ1n) is 9.95. The molecule has 0 spiro atoms. The monoisotopic (exact) mass is 430 g/mol. The molecule has 0 aliphatic rings. The normalized spacial score (nSPS) is 13.7. The molecule has 0 aliphatic carbocycles. The number of H-pyrrole nitrogens is 1. The number of hydrogen-bond acceptors (Lipinski definition) is 5. The summed E-state index contributed by atoms with van der Waals surface area (Å²) in [6.45, 7) is 1.82. The second-order valence-electron chi connectivity index (χ2n) is 7.31. The second kappa shape index (κ2) is 11.0. The van der Waals surface area contributed by atoms with Gasteiger partial charge in [-0.2, -0.15) is 0 Å². The fourth-order valence-corrected chi connectivity index (χ4v) is 3.04. The molecule has 1 aromatic heterocycles. The van der Waals surface area contributed by atoms with Crippen molar-refractivity contribution in [3.8, 4) is 0 Å². The Bertz CT molecular complexity index is 951. The van der Waals surface area contributed by atoms with Gasteiger partial charge in [-0.15, -0.1) is 0 Å². The Morgan fingerprint density at radius 3 is 2.48 bits per heavy atom. The van der Waals surface area contributed by atoms with Crippen molar-refractivity contribution in [1.82, 2.24) is 15.6 Å². The number of aromatic amines is 1. The third-order valence-electron chi connectivity index (χ3n) is 4.82. The Hall–Kier alpha value is -3.60. The number of carbonyl (C=O) groups is 3. The maximum Gasteiger partial charge on any atom is 0.243 e. The maximum absolute atomic E-state index is 12.8. The second-order valence-corrected chi connectivity index (χ2v) is 7.31. The summed E-state index contributed by atoms with van der Waals surface area (Å²) in [5, 5.41) is 6.14. The van der Waals surface area contributed by atoms with Crippen LogP contribution >= 0.6 is 0 Å². The number of guanidine groups is 1. The van der Waals surface area contributed by atoms with Crippen molar-refractivity contribution < 1.29 is 14.4 Å². The molecule has 2 aromatic rings. The molecule has 11 heteroatoms. The molecule has 11 nitrogen and oxygen atoms in total. The quantitative estimate of drug-likeness (QED) is 0.129. The van der Waals surface area contributed by atoms with Crippen molar-refractivity contribution in [2.45, 2.75) is 44.3 Å². The lowest BCUT2D eigenvalue weighted by Crippen LogP contribution is -2.55. The summed E-state index contributed by atoms with van der Waals surface area (Å²) in [4.78, 5) is 43.7. The van der Waals surface area contributed by atoms with E-state index in [-0.39, 0.29) is 12.4 Å². The molecule has 1 aromatic carbocycles. The van der Waals surface area contributed by atoms with Crippen LogP contribution in [0.5, 0.6) is 0 Å². The van der Waals surface area contributed by atoms with Crippen molar-refractivity contribution >= 4 is 34.6 Å². The van der Waals surface area contributed by atoms with Gasteiger partial charge in [0.05, 0.1) is 6.04 Å². The number of primary amides is 1. The fraction of sp³-hybridized carbons (Fsp3) is 0.400. The van der Waals surface area contributed by atoms with Crippen molar-refractivity contribution in [2.24, 2.45) is 27.9 Å². The fourth-order valence-electron chi connectivity index (χ4n) is 3.04. The van der Waals surface area contributed by atoms with Crippen LogP contribution in [-0.2, 0) is 20.8 Å². The third-order valence-corrected chi connectivity index (χ3v) is 4.82. The van der Waals surface area contributed by atoms with Gasteiger partial charge < -0.3 is 38.6 Å². The number of rotatable bonds is 11. The van der Waals surface area contributed by atoms with Crippen LogP contribution in [0.15, 0.2) is 35.5 Å². The van der Waals surface area contributed by atoms with Crippen LogP contribution in [0.1, 0.15) is 25.3 Å². The summed E-state index contributed by atoms with van der Waals surface area (Å²) in [5.41, 5.74) is 23.5. The highest BCUT2D eigenvalue weighted by molar-refractivity contribution is 5.93. The smallest absolute Gasteiger partial charge is 0.243 e. The van der Waals surface area contributed by atoms with Crippen molar-refractivity contribution in [1.29, 1.82) is 0 Å². The average molecular weight is 431 g/mol. The van der Waals surface area contributed by atoms with Gasteiger partial charge in [-0.05, 0) is 31.4 Å². The van der Waals surface area contributed by atoms with E-state index in [0.29, 0.717) is 19.4 Å². The molecule has 0 fully saturated rings. The van der Waals surface area contributed by atoms with Crippen molar-refractivity contribution in [3.63, 3.8) is 0 Å². The van der Waals surface area contributed by atoms with E-state index in [1.54, 1.807) is 6.20 Å². The average Bonchev–Trinajstić information content (AvgIpc) is 3.13. The van der Waals surface area contributed by atoms with E-state index in [4.69, 9.17) is 22.9 Å². The summed E-state index contributed by atoms with van der Waals surface area (Å²) in [5.74, 6) is -1.73. The van der Waals surface area contributed by atoms with Crippen LogP contribution in [0.25, 0.3) is 10.9 Å². The number of benzene rings is 1. The maximum atomic E-state index is 12.8. The van der Waals surface area contributed by atoms with E-state index >= 15 is 0 Å². The van der Waals surface area contributed by atoms with Crippen LogP contribution in [0.3, 0.4) is 0 Å². The Balaban J connectivity index is 2.11. The van der Waals surface area contributed by atoms with E-state index < -0.39 is 35.8 Å². The predicted octanol–water partition coefficient (Wildman–Crippen LogP) is -1.43. The lowest BCUT2D eigenvalue weighted by molar-refractivity contribution is -0.131. The molecule has 31 heavy (non-hydrogen) atoms. The number of fused-ring (bicyclic) bond motifs is 1. The van der Waals surface area contributed by atoms with Crippen LogP contribution in [0, 0.1) is 0 Å². The number of aliphatic imine (C=N–C) groups is 1. The highest BCUT2D eigenvalue weighted by atomic mass is 16.2. The van der Waals surface area contributed by atoms with Gasteiger partial charge >= 0.3 is 0 Å². The molecule has 0 saturated carbocycles. The zero-order valence-corrected chi connectivity index (χ0v) is 17.4. The highest BCUT2D eigenvalue weighted by Crippen LogP contribution is 2.19. The topological polar surface area (TPSA) is 208 Å². The minimum Gasteiger partial charge on any atom is -0.370 e. The molecule has 3 amide bonds. The van der Waals surface area contributed by atoms with Gasteiger partial charge in [0, 0.05) is 30.1 Å². The third kappa shape index (κ3) is 7.00. The van der Waals surface area contributed by atoms with E-state index in [1.807, 2.05) is 24.3 Å². The summed E-state index contributed by atoms with van der Waals surface area (Å²) >= 11 is 0. The van der Waals surface area contributed by atoms with E-state index in [9.17, 15) is 14.4 Å².